The van der Waals surface area contributed by atoms with Gasteiger partial charge in [0.15, 0.2) is 5.84 Å². The Morgan fingerprint density at radius 1 is 0.523 bits per heavy atom. The maximum Gasteiger partial charge on any atom is 0.163 e. The number of rotatable bonds is 4. The molecule has 0 bridgehead atoms. The van der Waals surface area contributed by atoms with Crippen LogP contribution in [0.1, 0.15) is 22.9 Å². The molecule has 0 amide bonds. The molecule has 6 aromatic carbocycles. The molecule has 0 saturated heterocycles. The number of furan rings is 2. The first-order chi connectivity index (χ1) is 21.8. The fourth-order valence-electron chi connectivity index (χ4n) is 6.28. The van der Waals surface area contributed by atoms with E-state index in [9.17, 15) is 0 Å². The Hall–Kier alpha value is -5.94. The van der Waals surface area contributed by atoms with Crippen LogP contribution in [0.4, 0.5) is 0 Å². The zero-order valence-corrected chi connectivity index (χ0v) is 23.6. The second-order valence-electron chi connectivity index (χ2n) is 11.0. The van der Waals surface area contributed by atoms with Gasteiger partial charge in [-0.25, -0.2) is 9.98 Å². The van der Waals surface area contributed by atoms with Gasteiger partial charge in [-0.2, -0.15) is 0 Å². The number of nitrogens with zero attached hydrogens (tertiary/aromatic N) is 2. The number of fused-ring (bicyclic) bond motifs is 6. The van der Waals surface area contributed by atoms with Crippen molar-refractivity contribution in [3.8, 4) is 11.1 Å². The van der Waals surface area contributed by atoms with E-state index in [1.807, 2.05) is 72.8 Å². The molecule has 1 aliphatic heterocycles. The van der Waals surface area contributed by atoms with Crippen LogP contribution in [0.5, 0.6) is 0 Å². The van der Waals surface area contributed by atoms with E-state index in [1.165, 1.54) is 0 Å². The normalized spacial score (nSPS) is 15.0. The topological polar surface area (TPSA) is 63.0 Å². The molecule has 8 aromatic rings. The molecule has 0 aliphatic carbocycles. The zero-order chi connectivity index (χ0) is 29.0. The van der Waals surface area contributed by atoms with Crippen LogP contribution in [0.2, 0.25) is 0 Å². The van der Waals surface area contributed by atoms with Gasteiger partial charge in [0.2, 0.25) is 0 Å². The number of aliphatic imine (C=N–C) groups is 2. The highest BCUT2D eigenvalue weighted by molar-refractivity contribution is 6.20. The SMILES string of the molecule is c1ccc(-c2cccc3oc4ccc(C5=NC(c6cccc7c6oc6ccccc67)=NC(c6ccccc6)N5)cc4c23)cc1. The number of amidine groups is 2. The molecule has 1 N–H and O–H groups in total. The summed E-state index contributed by atoms with van der Waals surface area (Å²) in [7, 11) is 0. The molecule has 0 saturated carbocycles. The van der Waals surface area contributed by atoms with Crippen molar-refractivity contribution in [1.29, 1.82) is 0 Å². The molecule has 5 nitrogen and oxygen atoms in total. The van der Waals surface area contributed by atoms with Crippen LogP contribution in [0, 0.1) is 0 Å². The molecule has 44 heavy (non-hydrogen) atoms. The molecule has 0 spiro atoms. The summed E-state index contributed by atoms with van der Waals surface area (Å²) in [4.78, 5) is 10.2. The van der Waals surface area contributed by atoms with Crippen molar-refractivity contribution < 1.29 is 8.83 Å². The van der Waals surface area contributed by atoms with Gasteiger partial charge in [-0.1, -0.05) is 103 Å². The summed E-state index contributed by atoms with van der Waals surface area (Å²) in [5.41, 5.74) is 8.48. The van der Waals surface area contributed by atoms with Gasteiger partial charge >= 0.3 is 0 Å². The first-order valence-electron chi connectivity index (χ1n) is 14.7. The minimum atomic E-state index is -0.324. The minimum absolute atomic E-state index is 0.324. The van der Waals surface area contributed by atoms with Crippen LogP contribution in [0.15, 0.2) is 158 Å². The summed E-state index contributed by atoms with van der Waals surface area (Å²) in [6, 6.07) is 47.5. The molecule has 208 valence electrons. The first-order valence-corrected chi connectivity index (χ1v) is 14.7. The molecule has 3 heterocycles. The molecule has 1 unspecified atom stereocenters. The molecule has 9 rings (SSSR count). The van der Waals surface area contributed by atoms with Gasteiger partial charge in [0, 0.05) is 27.1 Å². The predicted molar refractivity (Wildman–Crippen MR) is 178 cm³/mol. The van der Waals surface area contributed by atoms with Gasteiger partial charge < -0.3 is 14.2 Å². The third-order valence-corrected chi connectivity index (χ3v) is 8.36. The van der Waals surface area contributed by atoms with Gasteiger partial charge in [0.25, 0.3) is 0 Å². The lowest BCUT2D eigenvalue weighted by atomic mass is 9.98. The van der Waals surface area contributed by atoms with Crippen LogP contribution < -0.4 is 5.32 Å². The van der Waals surface area contributed by atoms with Crippen molar-refractivity contribution in [1.82, 2.24) is 5.32 Å². The number of benzene rings is 6. The Kier molecular flexibility index (Phi) is 5.50. The summed E-state index contributed by atoms with van der Waals surface area (Å²) in [6.45, 7) is 0. The number of hydrogen-bond acceptors (Lipinski definition) is 5. The molecule has 2 aromatic heterocycles. The third-order valence-electron chi connectivity index (χ3n) is 8.36. The molecule has 1 atom stereocenters. The van der Waals surface area contributed by atoms with Gasteiger partial charge in [0.1, 0.15) is 34.3 Å². The van der Waals surface area contributed by atoms with Gasteiger partial charge in [-0.15, -0.1) is 0 Å². The Morgan fingerprint density at radius 2 is 1.23 bits per heavy atom. The molecular weight excluding hydrogens is 542 g/mol. The third kappa shape index (κ3) is 3.94. The smallest absolute Gasteiger partial charge is 0.163 e. The van der Waals surface area contributed by atoms with Crippen LogP contribution in [0.25, 0.3) is 55.0 Å². The molecule has 0 fully saturated rings. The zero-order valence-electron chi connectivity index (χ0n) is 23.6. The van der Waals surface area contributed by atoms with Crippen molar-refractivity contribution in [3.05, 3.63) is 156 Å². The van der Waals surface area contributed by atoms with Crippen molar-refractivity contribution in [2.75, 3.05) is 0 Å². The second-order valence-corrected chi connectivity index (χ2v) is 11.0. The van der Waals surface area contributed by atoms with E-state index in [-0.39, 0.29) is 6.17 Å². The lowest BCUT2D eigenvalue weighted by Gasteiger charge is -2.23. The molecule has 0 radical (unpaired) electrons. The Labute approximate surface area is 252 Å². The monoisotopic (exact) mass is 567 g/mol. The first kappa shape index (κ1) is 24.6. The largest absolute Gasteiger partial charge is 0.456 e. The molecule has 1 aliphatic rings. The highest BCUT2D eigenvalue weighted by atomic mass is 16.3. The van der Waals surface area contributed by atoms with E-state index < -0.39 is 0 Å². The quantitative estimate of drug-likeness (QED) is 0.230. The summed E-state index contributed by atoms with van der Waals surface area (Å²) in [5, 5.41) is 7.87. The highest BCUT2D eigenvalue weighted by Crippen LogP contribution is 2.38. The average Bonchev–Trinajstić information content (AvgIpc) is 3.67. The Bertz CT molecular complexity index is 2420. The van der Waals surface area contributed by atoms with Crippen molar-refractivity contribution in [3.63, 3.8) is 0 Å². The maximum absolute atomic E-state index is 6.39. The standard InChI is InChI=1S/C39H25N3O2/c1-3-11-24(12-4-1)27-16-10-20-34-35(27)31-23-26(21-22-33(31)43-34)38-40-37(25-13-5-2-6-14-25)41-39(42-38)30-18-9-17-29-28-15-7-8-19-32(28)44-36(29)30/h1-23,37H,(H,40,41,42). The van der Waals surface area contributed by atoms with E-state index in [2.05, 4.69) is 72.0 Å². The number of hydrogen-bond donors (Lipinski definition) is 1. The fourth-order valence-corrected chi connectivity index (χ4v) is 6.28. The molecular formula is C39H25N3O2. The summed E-state index contributed by atoms with van der Waals surface area (Å²) in [5.74, 6) is 1.37. The number of nitrogens with one attached hydrogen (secondary N) is 1. The molecule has 5 heteroatoms. The summed E-state index contributed by atoms with van der Waals surface area (Å²) >= 11 is 0. The van der Waals surface area contributed by atoms with Crippen LogP contribution in [-0.2, 0) is 0 Å². The summed E-state index contributed by atoms with van der Waals surface area (Å²) < 4.78 is 12.7. The summed E-state index contributed by atoms with van der Waals surface area (Å²) in [6.07, 6.45) is -0.324. The Balaban J connectivity index is 1.24. The minimum Gasteiger partial charge on any atom is -0.456 e. The van der Waals surface area contributed by atoms with E-state index in [0.717, 1.165) is 77.5 Å². The van der Waals surface area contributed by atoms with E-state index in [4.69, 9.17) is 18.8 Å². The highest BCUT2D eigenvalue weighted by Gasteiger charge is 2.24. The Morgan fingerprint density at radius 3 is 2.11 bits per heavy atom. The van der Waals surface area contributed by atoms with Crippen molar-refractivity contribution >= 4 is 55.5 Å². The van der Waals surface area contributed by atoms with Crippen LogP contribution >= 0.6 is 0 Å². The lowest BCUT2D eigenvalue weighted by Crippen LogP contribution is -2.33. The number of para-hydroxylation sites is 2. The van der Waals surface area contributed by atoms with Crippen molar-refractivity contribution in [2.45, 2.75) is 6.17 Å². The second kappa shape index (κ2) is 9.82. The van der Waals surface area contributed by atoms with E-state index in [1.54, 1.807) is 0 Å². The fraction of sp³-hybridized carbons (Fsp3) is 0.0256. The van der Waals surface area contributed by atoms with Crippen LogP contribution in [0.3, 0.4) is 0 Å². The van der Waals surface area contributed by atoms with Gasteiger partial charge in [-0.3, -0.25) is 0 Å². The maximum atomic E-state index is 6.39. The van der Waals surface area contributed by atoms with E-state index in [0.29, 0.717) is 5.84 Å². The van der Waals surface area contributed by atoms with Crippen LogP contribution in [-0.4, -0.2) is 11.7 Å². The van der Waals surface area contributed by atoms with Gasteiger partial charge in [-0.05, 0) is 53.1 Å². The van der Waals surface area contributed by atoms with Crippen molar-refractivity contribution in [2.24, 2.45) is 9.98 Å². The lowest BCUT2D eigenvalue weighted by molar-refractivity contribution is 0.663. The predicted octanol–water partition coefficient (Wildman–Crippen LogP) is 9.65. The van der Waals surface area contributed by atoms with E-state index >= 15 is 0 Å². The average molecular weight is 568 g/mol. The van der Waals surface area contributed by atoms with Gasteiger partial charge in [0.05, 0.1) is 5.56 Å².